The van der Waals surface area contributed by atoms with Crippen molar-refractivity contribution in [2.24, 2.45) is 0 Å². The second-order valence-electron chi connectivity index (χ2n) is 4.35. The second-order valence-corrected chi connectivity index (χ2v) is 4.35. The van der Waals surface area contributed by atoms with E-state index in [4.69, 9.17) is 15.6 Å². The molecule has 9 heteroatoms. The molecule has 5 atom stereocenters. The van der Waals surface area contributed by atoms with E-state index in [0.29, 0.717) is 0 Å². The van der Waals surface area contributed by atoms with Gasteiger partial charge in [0.15, 0.2) is 6.29 Å². The molecular formula is C10H14N2O7. The van der Waals surface area contributed by atoms with Gasteiger partial charge in [0.25, 0.3) is 10.9 Å². The average Bonchev–Trinajstić information content (AvgIpc) is 2.41. The summed E-state index contributed by atoms with van der Waals surface area (Å²) < 4.78 is 4.87. The van der Waals surface area contributed by atoms with Crippen molar-refractivity contribution in [2.45, 2.75) is 30.6 Å². The van der Waals surface area contributed by atoms with Crippen LogP contribution in [-0.2, 0) is 4.74 Å². The van der Waals surface area contributed by atoms with Crippen molar-refractivity contribution in [3.63, 3.8) is 0 Å². The Balaban J connectivity index is 2.17. The third kappa shape index (κ3) is 2.11. The molecule has 1 aromatic rings. The molecule has 1 aromatic carbocycles. The molecule has 0 aromatic heterocycles. The van der Waals surface area contributed by atoms with Crippen LogP contribution in [0.2, 0.25) is 0 Å². The first-order chi connectivity index (χ1) is 8.88. The Kier molecular flexibility index (Phi) is 3.56. The number of nitrogen functional groups attached to an aromatic ring is 1. The quantitative estimate of drug-likeness (QED) is 0.302. The van der Waals surface area contributed by atoms with Gasteiger partial charge in [-0.2, -0.15) is 0 Å². The molecule has 7 N–H and O–H groups in total. The van der Waals surface area contributed by atoms with Gasteiger partial charge in [0, 0.05) is 0 Å². The van der Waals surface area contributed by atoms with E-state index < -0.39 is 48.1 Å². The number of nitrogens with two attached hydrogens (primary N) is 1. The van der Waals surface area contributed by atoms with Crippen LogP contribution < -0.4 is 21.9 Å². The molecule has 0 amide bonds. The average molecular weight is 274 g/mol. The molecule has 1 heterocycles. The molecule has 0 spiro atoms. The van der Waals surface area contributed by atoms with Crippen molar-refractivity contribution in [3.8, 4) is 0 Å². The zero-order valence-corrected chi connectivity index (χ0v) is 9.68. The monoisotopic (exact) mass is 274 g/mol. The molecule has 0 saturated carbocycles. The van der Waals surface area contributed by atoms with E-state index in [0.717, 1.165) is 0 Å². The summed E-state index contributed by atoms with van der Waals surface area (Å²) in [6.07, 6.45) is -5.70. The third-order valence-corrected chi connectivity index (χ3v) is 3.16. The topological polar surface area (TPSA) is 162 Å². The largest absolute Gasteiger partial charge is 0.394 e. The summed E-state index contributed by atoms with van der Waals surface area (Å²) >= 11 is 0. The summed E-state index contributed by atoms with van der Waals surface area (Å²) in [5, 5.41) is 40.3. The summed E-state index contributed by atoms with van der Waals surface area (Å²) in [6, 6.07) is -1.25. The minimum Gasteiger partial charge on any atom is -0.394 e. The molecular weight excluding hydrogens is 260 g/mol. The summed E-state index contributed by atoms with van der Waals surface area (Å²) in [7, 11) is 0. The first-order valence-electron chi connectivity index (χ1n) is 5.54. The van der Waals surface area contributed by atoms with Gasteiger partial charge in [-0.05, 0) is 0 Å². The van der Waals surface area contributed by atoms with Gasteiger partial charge in [-0.15, -0.1) is 0 Å². The summed E-state index contributed by atoms with van der Waals surface area (Å²) in [6.45, 7) is -0.593. The Labute approximate surface area is 106 Å². The van der Waals surface area contributed by atoms with Crippen molar-refractivity contribution < 1.29 is 25.2 Å². The fraction of sp³-hybridized carbons (Fsp3) is 0.600. The van der Waals surface area contributed by atoms with Crippen LogP contribution in [0.3, 0.4) is 0 Å². The fourth-order valence-electron chi connectivity index (χ4n) is 1.97. The number of hydrogen-bond donors (Lipinski definition) is 6. The molecule has 2 rings (SSSR count). The molecule has 1 aliphatic rings. The van der Waals surface area contributed by atoms with Gasteiger partial charge in [-0.1, -0.05) is 0 Å². The number of nitrogens with one attached hydrogen (secondary N) is 1. The van der Waals surface area contributed by atoms with E-state index in [1.807, 2.05) is 0 Å². The molecule has 106 valence electrons. The fourth-order valence-corrected chi connectivity index (χ4v) is 1.97. The Hall–Kier alpha value is -1.52. The van der Waals surface area contributed by atoms with Gasteiger partial charge in [0.2, 0.25) is 0 Å². The number of ether oxygens (including phenoxy) is 1. The number of aliphatic hydroxyl groups is 4. The Morgan fingerprint density at radius 3 is 2.32 bits per heavy atom. The molecule has 9 nitrogen and oxygen atoms in total. The maximum atomic E-state index is 11.2. The van der Waals surface area contributed by atoms with Crippen LogP contribution in [0.4, 0.5) is 11.4 Å². The SMILES string of the molecule is Nc1c(N[C@H]2C(O)O[C@H](CO)[C@@H](O)[C@@H]2O)c(=O)c1=O. The highest BCUT2D eigenvalue weighted by Crippen LogP contribution is 2.23. The lowest BCUT2D eigenvalue weighted by molar-refractivity contribution is -0.245. The van der Waals surface area contributed by atoms with Crippen LogP contribution in [0.15, 0.2) is 9.59 Å². The zero-order chi connectivity index (χ0) is 14.3. The van der Waals surface area contributed by atoms with E-state index in [2.05, 4.69) is 5.32 Å². The van der Waals surface area contributed by atoms with Crippen molar-refractivity contribution in [2.75, 3.05) is 17.7 Å². The van der Waals surface area contributed by atoms with E-state index in [1.165, 1.54) is 0 Å². The molecule has 1 fully saturated rings. The van der Waals surface area contributed by atoms with Crippen LogP contribution in [0.25, 0.3) is 0 Å². The van der Waals surface area contributed by atoms with Crippen LogP contribution in [0.1, 0.15) is 0 Å². The van der Waals surface area contributed by atoms with Gasteiger partial charge in [-0.3, -0.25) is 9.59 Å². The lowest BCUT2D eigenvalue weighted by Gasteiger charge is -2.40. The van der Waals surface area contributed by atoms with Crippen LogP contribution in [-0.4, -0.2) is 57.7 Å². The lowest BCUT2D eigenvalue weighted by Crippen LogP contribution is -2.61. The maximum absolute atomic E-state index is 11.2. The van der Waals surface area contributed by atoms with Gasteiger partial charge in [0.05, 0.1) is 6.61 Å². The first-order valence-corrected chi connectivity index (χ1v) is 5.54. The predicted molar refractivity (Wildman–Crippen MR) is 63.2 cm³/mol. The third-order valence-electron chi connectivity index (χ3n) is 3.16. The Morgan fingerprint density at radius 2 is 1.79 bits per heavy atom. The predicted octanol–water partition coefficient (Wildman–Crippen LogP) is -3.92. The smallest absolute Gasteiger partial charge is 0.253 e. The van der Waals surface area contributed by atoms with E-state index >= 15 is 0 Å². The molecule has 0 radical (unpaired) electrons. The number of aliphatic hydroxyl groups excluding tert-OH is 4. The van der Waals surface area contributed by atoms with Crippen LogP contribution in [0, 0.1) is 0 Å². The molecule has 1 unspecified atom stereocenters. The maximum Gasteiger partial charge on any atom is 0.253 e. The van der Waals surface area contributed by atoms with Crippen molar-refractivity contribution in [3.05, 3.63) is 20.4 Å². The van der Waals surface area contributed by atoms with Crippen LogP contribution in [0.5, 0.6) is 0 Å². The van der Waals surface area contributed by atoms with E-state index in [9.17, 15) is 24.9 Å². The standard InChI is InChI=1S/C10H14N2O7/c11-3-4(8(16)7(3)15)12-5-9(17)6(14)2(1-13)19-10(5)18/h2,5-6,9-10,12-14,17-18H,1,11H2/t2-,5-,6-,9-,10?/m1/s1. The molecule has 0 bridgehead atoms. The Morgan fingerprint density at radius 1 is 1.16 bits per heavy atom. The Bertz CT molecular complexity index is 538. The zero-order valence-electron chi connectivity index (χ0n) is 9.68. The normalized spacial score (nSPS) is 35.5. The molecule has 1 saturated heterocycles. The van der Waals surface area contributed by atoms with Gasteiger partial charge in [-0.25, -0.2) is 0 Å². The lowest BCUT2D eigenvalue weighted by atomic mass is 9.96. The summed E-state index contributed by atoms with van der Waals surface area (Å²) in [5.41, 5.74) is 3.05. The van der Waals surface area contributed by atoms with Gasteiger partial charge in [0.1, 0.15) is 35.7 Å². The summed E-state index contributed by atoms with van der Waals surface area (Å²) in [4.78, 5) is 22.1. The summed E-state index contributed by atoms with van der Waals surface area (Å²) in [5.74, 6) is 0. The molecule has 0 aliphatic carbocycles. The number of anilines is 2. The highest BCUT2D eigenvalue weighted by Gasteiger charge is 2.44. The second kappa shape index (κ2) is 4.87. The van der Waals surface area contributed by atoms with E-state index in [1.54, 1.807) is 0 Å². The number of hydrogen-bond acceptors (Lipinski definition) is 9. The van der Waals surface area contributed by atoms with Crippen molar-refractivity contribution >= 4 is 11.4 Å². The highest BCUT2D eigenvalue weighted by molar-refractivity contribution is 5.71. The minimum atomic E-state index is -1.58. The van der Waals surface area contributed by atoms with Crippen molar-refractivity contribution in [1.82, 2.24) is 0 Å². The van der Waals surface area contributed by atoms with Crippen molar-refractivity contribution in [1.29, 1.82) is 0 Å². The molecule has 1 aliphatic heterocycles. The minimum absolute atomic E-state index is 0.230. The highest BCUT2D eigenvalue weighted by atomic mass is 16.6. The van der Waals surface area contributed by atoms with E-state index in [-0.39, 0.29) is 11.4 Å². The number of rotatable bonds is 3. The molecule has 19 heavy (non-hydrogen) atoms. The van der Waals surface area contributed by atoms with Gasteiger partial charge < -0.3 is 36.2 Å². The van der Waals surface area contributed by atoms with Crippen LogP contribution >= 0.6 is 0 Å². The van der Waals surface area contributed by atoms with Gasteiger partial charge >= 0.3 is 0 Å². The first kappa shape index (κ1) is 13.9.